The number of anilines is 1. The van der Waals surface area contributed by atoms with Crippen molar-refractivity contribution in [1.82, 2.24) is 5.32 Å². The second-order valence-electron chi connectivity index (χ2n) is 5.10. The second kappa shape index (κ2) is 8.80. The third kappa shape index (κ3) is 5.70. The van der Waals surface area contributed by atoms with Crippen LogP contribution in [0.25, 0.3) is 0 Å². The SMILES string of the molecule is CCCCCN/C=C(/C#N)C(=O)Nc1ccc(C)cc1C. The van der Waals surface area contributed by atoms with Crippen molar-refractivity contribution < 1.29 is 4.79 Å². The van der Waals surface area contributed by atoms with Crippen LogP contribution in [0.5, 0.6) is 0 Å². The van der Waals surface area contributed by atoms with Gasteiger partial charge in [-0.1, -0.05) is 37.5 Å². The van der Waals surface area contributed by atoms with E-state index in [-0.39, 0.29) is 11.5 Å². The molecule has 21 heavy (non-hydrogen) atoms. The van der Waals surface area contributed by atoms with Gasteiger partial charge < -0.3 is 10.6 Å². The molecular formula is C17H23N3O. The van der Waals surface area contributed by atoms with Crippen molar-refractivity contribution in [1.29, 1.82) is 5.26 Å². The maximum absolute atomic E-state index is 12.1. The maximum Gasteiger partial charge on any atom is 0.267 e. The molecule has 1 amide bonds. The molecule has 0 heterocycles. The first kappa shape index (κ1) is 16.8. The van der Waals surface area contributed by atoms with E-state index < -0.39 is 0 Å². The highest BCUT2D eigenvalue weighted by molar-refractivity contribution is 6.06. The zero-order valence-electron chi connectivity index (χ0n) is 13.0. The molecule has 0 fully saturated rings. The van der Waals surface area contributed by atoms with Crippen molar-refractivity contribution in [3.05, 3.63) is 41.1 Å². The zero-order chi connectivity index (χ0) is 15.7. The number of nitrogens with zero attached hydrogens (tertiary/aromatic N) is 1. The molecule has 2 N–H and O–H groups in total. The summed E-state index contributed by atoms with van der Waals surface area (Å²) in [7, 11) is 0. The van der Waals surface area contributed by atoms with Gasteiger partial charge in [0.15, 0.2) is 0 Å². The van der Waals surface area contributed by atoms with Crippen LogP contribution in [0.2, 0.25) is 0 Å². The molecule has 1 aromatic carbocycles. The van der Waals surface area contributed by atoms with E-state index in [1.54, 1.807) is 0 Å². The number of nitrogens with one attached hydrogen (secondary N) is 2. The highest BCUT2D eigenvalue weighted by Gasteiger charge is 2.10. The molecule has 0 atom stereocenters. The molecule has 1 aromatic rings. The van der Waals surface area contributed by atoms with Crippen LogP contribution in [0, 0.1) is 25.2 Å². The average Bonchev–Trinajstić information content (AvgIpc) is 2.45. The molecule has 4 nitrogen and oxygen atoms in total. The number of hydrogen-bond acceptors (Lipinski definition) is 3. The summed E-state index contributed by atoms with van der Waals surface area (Å²) in [5.41, 5.74) is 2.94. The van der Waals surface area contributed by atoms with Crippen molar-refractivity contribution >= 4 is 11.6 Å². The number of benzene rings is 1. The standard InChI is InChI=1S/C17H23N3O/c1-4-5-6-9-19-12-15(11-18)17(21)20-16-8-7-13(2)10-14(16)3/h7-8,10,12,19H,4-6,9H2,1-3H3,(H,20,21)/b15-12-. The van der Waals surface area contributed by atoms with Gasteiger partial charge in [0.25, 0.3) is 5.91 Å². The molecule has 0 aliphatic carbocycles. The fraction of sp³-hybridized carbons (Fsp3) is 0.412. The predicted octanol–water partition coefficient (Wildman–Crippen LogP) is 3.43. The minimum Gasteiger partial charge on any atom is -0.390 e. The number of amides is 1. The maximum atomic E-state index is 12.1. The lowest BCUT2D eigenvalue weighted by Gasteiger charge is -2.08. The lowest BCUT2D eigenvalue weighted by molar-refractivity contribution is -0.112. The van der Waals surface area contributed by atoms with E-state index in [0.717, 1.165) is 42.6 Å². The lowest BCUT2D eigenvalue weighted by atomic mass is 10.1. The summed E-state index contributed by atoms with van der Waals surface area (Å²) in [6, 6.07) is 7.71. The van der Waals surface area contributed by atoms with Crippen molar-refractivity contribution in [3.8, 4) is 6.07 Å². The fourth-order valence-corrected chi connectivity index (χ4v) is 1.94. The van der Waals surface area contributed by atoms with Gasteiger partial charge in [-0.2, -0.15) is 5.26 Å². The van der Waals surface area contributed by atoms with Crippen molar-refractivity contribution in [3.63, 3.8) is 0 Å². The molecule has 0 unspecified atom stereocenters. The molecule has 0 radical (unpaired) electrons. The predicted molar refractivity (Wildman–Crippen MR) is 85.8 cm³/mol. The van der Waals surface area contributed by atoms with Crippen molar-refractivity contribution in [2.24, 2.45) is 0 Å². The van der Waals surface area contributed by atoms with Crippen molar-refractivity contribution in [2.45, 2.75) is 40.0 Å². The van der Waals surface area contributed by atoms with Crippen LogP contribution in [-0.4, -0.2) is 12.5 Å². The van der Waals surface area contributed by atoms with E-state index in [1.807, 2.05) is 38.1 Å². The Kier molecular flexibility index (Phi) is 7.03. The first-order valence-electron chi connectivity index (χ1n) is 7.30. The van der Waals surface area contributed by atoms with E-state index >= 15 is 0 Å². The Bertz CT molecular complexity index is 556. The first-order valence-corrected chi connectivity index (χ1v) is 7.30. The minimum absolute atomic E-state index is 0.0893. The summed E-state index contributed by atoms with van der Waals surface area (Å²) >= 11 is 0. The molecule has 0 aliphatic heterocycles. The van der Waals surface area contributed by atoms with E-state index in [1.165, 1.54) is 6.20 Å². The highest BCUT2D eigenvalue weighted by Crippen LogP contribution is 2.16. The molecule has 112 valence electrons. The Morgan fingerprint density at radius 1 is 1.33 bits per heavy atom. The molecule has 1 rings (SSSR count). The smallest absolute Gasteiger partial charge is 0.267 e. The molecule has 0 bridgehead atoms. The van der Waals surface area contributed by atoms with Gasteiger partial charge in [-0.3, -0.25) is 4.79 Å². The molecule has 0 aromatic heterocycles. The van der Waals surface area contributed by atoms with Gasteiger partial charge in [0.1, 0.15) is 11.6 Å². The number of carbonyl (C=O) groups excluding carboxylic acids is 1. The Labute approximate surface area is 126 Å². The number of hydrogen-bond donors (Lipinski definition) is 2. The van der Waals surface area contributed by atoms with Gasteiger partial charge in [0, 0.05) is 18.4 Å². The Morgan fingerprint density at radius 2 is 2.10 bits per heavy atom. The average molecular weight is 285 g/mol. The fourth-order valence-electron chi connectivity index (χ4n) is 1.94. The van der Waals surface area contributed by atoms with Gasteiger partial charge in [-0.25, -0.2) is 0 Å². The molecule has 0 aliphatic rings. The van der Waals surface area contributed by atoms with Crippen LogP contribution in [0.3, 0.4) is 0 Å². The highest BCUT2D eigenvalue weighted by atomic mass is 16.1. The third-order valence-corrected chi connectivity index (χ3v) is 3.17. The molecule has 0 spiro atoms. The minimum atomic E-state index is -0.382. The second-order valence-corrected chi connectivity index (χ2v) is 5.10. The largest absolute Gasteiger partial charge is 0.390 e. The van der Waals surface area contributed by atoms with Crippen molar-refractivity contribution in [2.75, 3.05) is 11.9 Å². The van der Waals surface area contributed by atoms with Gasteiger partial charge >= 0.3 is 0 Å². The van der Waals surface area contributed by atoms with Crippen LogP contribution in [0.1, 0.15) is 37.3 Å². The number of rotatable bonds is 7. The Hall–Kier alpha value is -2.28. The monoisotopic (exact) mass is 285 g/mol. The van der Waals surface area contributed by atoms with Gasteiger partial charge in [-0.15, -0.1) is 0 Å². The van der Waals surface area contributed by atoms with Crippen LogP contribution >= 0.6 is 0 Å². The molecule has 0 saturated heterocycles. The molecule has 0 saturated carbocycles. The number of unbranched alkanes of at least 4 members (excludes halogenated alkanes) is 2. The van der Waals surface area contributed by atoms with E-state index in [0.29, 0.717) is 0 Å². The van der Waals surface area contributed by atoms with Gasteiger partial charge in [-0.05, 0) is 31.9 Å². The quantitative estimate of drug-likeness (QED) is 0.458. The topological polar surface area (TPSA) is 64.9 Å². The van der Waals surface area contributed by atoms with E-state index in [9.17, 15) is 4.79 Å². The summed E-state index contributed by atoms with van der Waals surface area (Å²) in [5.74, 6) is -0.382. The normalized spacial score (nSPS) is 10.9. The first-order chi connectivity index (χ1) is 10.1. The Balaban J connectivity index is 2.63. The summed E-state index contributed by atoms with van der Waals surface area (Å²) in [4.78, 5) is 12.1. The summed E-state index contributed by atoms with van der Waals surface area (Å²) < 4.78 is 0. The number of aryl methyl sites for hydroxylation is 2. The van der Waals surface area contributed by atoms with Crippen LogP contribution in [0.4, 0.5) is 5.69 Å². The number of carbonyl (C=O) groups is 1. The molecular weight excluding hydrogens is 262 g/mol. The van der Waals surface area contributed by atoms with Crippen LogP contribution in [0.15, 0.2) is 30.0 Å². The zero-order valence-corrected chi connectivity index (χ0v) is 13.0. The van der Waals surface area contributed by atoms with Gasteiger partial charge in [0.05, 0.1) is 0 Å². The third-order valence-electron chi connectivity index (χ3n) is 3.17. The van der Waals surface area contributed by atoms with E-state index in [2.05, 4.69) is 17.6 Å². The van der Waals surface area contributed by atoms with Crippen LogP contribution < -0.4 is 10.6 Å². The lowest BCUT2D eigenvalue weighted by Crippen LogP contribution is -2.17. The van der Waals surface area contributed by atoms with Crippen LogP contribution in [-0.2, 0) is 4.79 Å². The summed E-state index contributed by atoms with van der Waals surface area (Å²) in [6.07, 6.45) is 4.81. The summed E-state index contributed by atoms with van der Waals surface area (Å²) in [6.45, 7) is 6.84. The molecule has 4 heteroatoms. The summed E-state index contributed by atoms with van der Waals surface area (Å²) in [5, 5.41) is 14.9. The number of nitriles is 1. The van der Waals surface area contributed by atoms with E-state index in [4.69, 9.17) is 5.26 Å². The Morgan fingerprint density at radius 3 is 2.71 bits per heavy atom. The van der Waals surface area contributed by atoms with Gasteiger partial charge in [0.2, 0.25) is 0 Å².